The number of esters is 1. The van der Waals surface area contributed by atoms with Gasteiger partial charge in [0.2, 0.25) is 10.0 Å². The zero-order chi connectivity index (χ0) is 25.6. The van der Waals surface area contributed by atoms with Crippen LogP contribution in [-0.4, -0.2) is 56.5 Å². The molecule has 35 heavy (non-hydrogen) atoms. The van der Waals surface area contributed by atoms with E-state index in [1.54, 1.807) is 29.9 Å². The van der Waals surface area contributed by atoms with Crippen LogP contribution in [0.15, 0.2) is 52.4 Å². The fourth-order valence-corrected chi connectivity index (χ4v) is 6.21. The predicted octanol–water partition coefficient (Wildman–Crippen LogP) is 3.44. The lowest BCUT2D eigenvalue weighted by Gasteiger charge is -2.21. The van der Waals surface area contributed by atoms with Crippen LogP contribution in [0.2, 0.25) is 0 Å². The van der Waals surface area contributed by atoms with Gasteiger partial charge in [-0.15, -0.1) is 0 Å². The summed E-state index contributed by atoms with van der Waals surface area (Å²) < 4.78 is 39.9. The van der Waals surface area contributed by atoms with E-state index < -0.39 is 21.9 Å². The number of aromatic nitrogens is 1. The molecule has 1 heterocycles. The summed E-state index contributed by atoms with van der Waals surface area (Å²) >= 11 is 1.24. The molecule has 9 nitrogen and oxygen atoms in total. The molecule has 2 aromatic carbocycles. The highest BCUT2D eigenvalue weighted by Gasteiger charge is 2.23. The number of fused-ring (bicyclic) bond motifs is 1. The topological polar surface area (TPSA) is 107 Å². The number of nitrogens with zero attached hydrogens (tertiary/aromatic N) is 3. The van der Waals surface area contributed by atoms with E-state index in [2.05, 4.69) is 4.99 Å². The van der Waals surface area contributed by atoms with Crippen LogP contribution in [0.4, 0.5) is 0 Å². The first kappa shape index (κ1) is 26.6. The van der Waals surface area contributed by atoms with Gasteiger partial charge in [-0.05, 0) is 55.3 Å². The molecule has 0 bridgehead atoms. The van der Waals surface area contributed by atoms with Crippen molar-refractivity contribution in [1.29, 1.82) is 0 Å². The lowest BCUT2D eigenvalue weighted by atomic mass is 10.2. The summed E-state index contributed by atoms with van der Waals surface area (Å²) in [6, 6.07) is 11.1. The molecule has 0 aliphatic heterocycles. The number of amides is 1. The number of carbonyl (C=O) groups is 2. The second kappa shape index (κ2) is 11.6. The first-order valence-electron chi connectivity index (χ1n) is 11.2. The standard InChI is InChI=1S/C24H29N3O6S2/c1-5-13-26(14-6-2)35(30,31)19-10-7-17(8-11-19)23(29)25-24-27(16-22(28)33-4)20-12-9-18(32-3)15-21(20)34-24/h7-12,15H,5-6,13-14,16H2,1-4H3. The first-order valence-corrected chi connectivity index (χ1v) is 13.4. The highest BCUT2D eigenvalue weighted by Crippen LogP contribution is 2.23. The molecule has 0 spiro atoms. The number of carbonyl (C=O) groups excluding carboxylic acids is 2. The quantitative estimate of drug-likeness (QED) is 0.380. The molecule has 0 radical (unpaired) electrons. The Morgan fingerprint density at radius 1 is 1.03 bits per heavy atom. The Labute approximate surface area is 208 Å². The van der Waals surface area contributed by atoms with Gasteiger partial charge in [0.15, 0.2) is 4.80 Å². The molecular formula is C24H29N3O6S2. The summed E-state index contributed by atoms with van der Waals surface area (Å²) in [5.74, 6) is -0.392. The zero-order valence-electron chi connectivity index (χ0n) is 20.2. The molecule has 11 heteroatoms. The monoisotopic (exact) mass is 519 g/mol. The maximum absolute atomic E-state index is 13.0. The van der Waals surface area contributed by atoms with E-state index in [9.17, 15) is 18.0 Å². The Bertz CT molecular complexity index is 1370. The Morgan fingerprint density at radius 2 is 1.69 bits per heavy atom. The fraction of sp³-hybridized carbons (Fsp3) is 0.375. The van der Waals surface area contributed by atoms with Gasteiger partial charge in [0, 0.05) is 18.7 Å². The van der Waals surface area contributed by atoms with E-state index in [1.165, 1.54) is 47.0 Å². The molecule has 0 fully saturated rings. The van der Waals surface area contributed by atoms with E-state index in [-0.39, 0.29) is 17.0 Å². The molecular weight excluding hydrogens is 490 g/mol. The molecule has 188 valence electrons. The summed E-state index contributed by atoms with van der Waals surface area (Å²) in [4.78, 5) is 29.6. The summed E-state index contributed by atoms with van der Waals surface area (Å²) in [5, 5.41) is 0. The van der Waals surface area contributed by atoms with Crippen LogP contribution in [0, 0.1) is 0 Å². The Hall–Kier alpha value is -3.02. The summed E-state index contributed by atoms with van der Waals surface area (Å²) in [7, 11) is -0.801. The van der Waals surface area contributed by atoms with Crippen molar-refractivity contribution in [1.82, 2.24) is 8.87 Å². The smallest absolute Gasteiger partial charge is 0.325 e. The van der Waals surface area contributed by atoms with E-state index in [0.717, 1.165) is 4.70 Å². The van der Waals surface area contributed by atoms with Crippen molar-refractivity contribution >= 4 is 43.5 Å². The number of methoxy groups -OCH3 is 2. The lowest BCUT2D eigenvalue weighted by Crippen LogP contribution is -2.32. The number of ether oxygens (including phenoxy) is 2. The minimum absolute atomic E-state index is 0.114. The highest BCUT2D eigenvalue weighted by atomic mass is 32.2. The van der Waals surface area contributed by atoms with Crippen molar-refractivity contribution in [3.8, 4) is 5.75 Å². The summed E-state index contributed by atoms with van der Waals surface area (Å²) in [6.45, 7) is 4.61. The number of rotatable bonds is 10. The second-order valence-electron chi connectivity index (χ2n) is 7.73. The zero-order valence-corrected chi connectivity index (χ0v) is 21.8. The van der Waals surface area contributed by atoms with Crippen LogP contribution in [0.25, 0.3) is 10.2 Å². The maximum Gasteiger partial charge on any atom is 0.325 e. The minimum atomic E-state index is -3.65. The van der Waals surface area contributed by atoms with Gasteiger partial charge in [-0.1, -0.05) is 25.2 Å². The van der Waals surface area contributed by atoms with E-state index in [0.29, 0.717) is 42.0 Å². The predicted molar refractivity (Wildman–Crippen MR) is 134 cm³/mol. The van der Waals surface area contributed by atoms with Crippen molar-refractivity contribution in [2.45, 2.75) is 38.1 Å². The minimum Gasteiger partial charge on any atom is -0.497 e. The third-order valence-corrected chi connectivity index (χ3v) is 8.24. The lowest BCUT2D eigenvalue weighted by molar-refractivity contribution is -0.141. The third-order valence-electron chi connectivity index (χ3n) is 5.29. The van der Waals surface area contributed by atoms with E-state index in [1.807, 2.05) is 13.8 Å². The number of hydrogen-bond donors (Lipinski definition) is 0. The SMILES string of the molecule is CCCN(CCC)S(=O)(=O)c1ccc(C(=O)N=c2sc3cc(OC)ccc3n2CC(=O)OC)cc1. The van der Waals surface area contributed by atoms with Crippen molar-refractivity contribution in [3.63, 3.8) is 0 Å². The molecule has 0 saturated heterocycles. The highest BCUT2D eigenvalue weighted by molar-refractivity contribution is 7.89. The number of thiazole rings is 1. The molecule has 0 saturated carbocycles. The van der Waals surface area contributed by atoms with Crippen LogP contribution >= 0.6 is 11.3 Å². The molecule has 0 atom stereocenters. The number of hydrogen-bond acceptors (Lipinski definition) is 7. The molecule has 0 aliphatic rings. The van der Waals surface area contributed by atoms with Gasteiger partial charge >= 0.3 is 5.97 Å². The first-order chi connectivity index (χ1) is 16.7. The molecule has 1 amide bonds. The van der Waals surface area contributed by atoms with Crippen molar-refractivity contribution in [2.24, 2.45) is 4.99 Å². The normalized spacial score (nSPS) is 12.3. The molecule has 0 unspecified atom stereocenters. The van der Waals surface area contributed by atoms with E-state index >= 15 is 0 Å². The summed E-state index contributed by atoms with van der Waals surface area (Å²) in [6.07, 6.45) is 1.42. The molecule has 0 aliphatic carbocycles. The van der Waals surface area contributed by atoms with Crippen LogP contribution < -0.4 is 9.54 Å². The fourth-order valence-electron chi connectivity index (χ4n) is 3.53. The van der Waals surface area contributed by atoms with Gasteiger partial charge in [0.1, 0.15) is 12.3 Å². The van der Waals surface area contributed by atoms with Gasteiger partial charge in [-0.3, -0.25) is 9.59 Å². The van der Waals surface area contributed by atoms with Gasteiger partial charge in [-0.25, -0.2) is 8.42 Å². The van der Waals surface area contributed by atoms with Gasteiger partial charge in [0.25, 0.3) is 5.91 Å². The molecule has 0 N–H and O–H groups in total. The van der Waals surface area contributed by atoms with Crippen LogP contribution in [-0.2, 0) is 26.1 Å². The summed E-state index contributed by atoms with van der Waals surface area (Å²) in [5.41, 5.74) is 0.947. The molecule has 3 rings (SSSR count). The number of benzene rings is 2. The third kappa shape index (κ3) is 5.98. The van der Waals surface area contributed by atoms with Gasteiger partial charge in [-0.2, -0.15) is 9.30 Å². The Morgan fingerprint density at radius 3 is 2.26 bits per heavy atom. The average molecular weight is 520 g/mol. The largest absolute Gasteiger partial charge is 0.497 e. The van der Waals surface area contributed by atoms with Crippen LogP contribution in [0.3, 0.4) is 0 Å². The van der Waals surface area contributed by atoms with Crippen molar-refractivity contribution in [2.75, 3.05) is 27.3 Å². The van der Waals surface area contributed by atoms with Gasteiger partial charge in [0.05, 0.1) is 29.3 Å². The van der Waals surface area contributed by atoms with E-state index in [4.69, 9.17) is 9.47 Å². The second-order valence-corrected chi connectivity index (χ2v) is 10.7. The van der Waals surface area contributed by atoms with Crippen molar-refractivity contribution < 1.29 is 27.5 Å². The Kier molecular flexibility index (Phi) is 8.82. The van der Waals surface area contributed by atoms with Crippen LogP contribution in [0.1, 0.15) is 37.0 Å². The maximum atomic E-state index is 13.0. The van der Waals surface area contributed by atoms with Crippen LogP contribution in [0.5, 0.6) is 5.75 Å². The Balaban J connectivity index is 1.98. The number of sulfonamides is 1. The molecule has 3 aromatic rings. The average Bonchev–Trinajstić information content (AvgIpc) is 3.19. The van der Waals surface area contributed by atoms with Gasteiger partial charge < -0.3 is 14.0 Å². The molecule has 1 aromatic heterocycles. The van der Waals surface area contributed by atoms with Crippen molar-refractivity contribution in [3.05, 3.63) is 52.8 Å².